The minimum atomic E-state index is -0.882. The van der Waals surface area contributed by atoms with E-state index in [4.69, 9.17) is 4.74 Å². The number of aliphatic hydroxyl groups is 1. The molecule has 0 spiro atoms. The minimum Gasteiger partial charge on any atom is -0.383 e. The van der Waals surface area contributed by atoms with Gasteiger partial charge in [0.2, 0.25) is 0 Å². The van der Waals surface area contributed by atoms with E-state index in [1.807, 2.05) is 61.5 Å². The number of carbonyl (C=O) groups excluding carboxylic acids is 1. The van der Waals surface area contributed by atoms with Crippen LogP contribution in [0.15, 0.2) is 66.7 Å². The van der Waals surface area contributed by atoms with Crippen LogP contribution in [0.2, 0.25) is 0 Å². The Hall–Kier alpha value is -3.06. The van der Waals surface area contributed by atoms with Crippen molar-refractivity contribution in [2.24, 2.45) is 0 Å². The van der Waals surface area contributed by atoms with Crippen molar-refractivity contribution in [2.45, 2.75) is 19.6 Å². The highest BCUT2D eigenvalue weighted by Gasteiger charge is 2.25. The number of nitrogens with one attached hydrogen (secondary N) is 1. The van der Waals surface area contributed by atoms with Crippen molar-refractivity contribution in [1.29, 1.82) is 0 Å². The number of ether oxygens (including phenoxy) is 1. The Morgan fingerprint density at radius 3 is 2.47 bits per heavy atom. The van der Waals surface area contributed by atoms with Crippen LogP contribution < -0.4 is 5.32 Å². The van der Waals surface area contributed by atoms with E-state index in [-0.39, 0.29) is 5.91 Å². The minimum absolute atomic E-state index is 0.235. The van der Waals surface area contributed by atoms with E-state index in [0.717, 1.165) is 27.0 Å². The van der Waals surface area contributed by atoms with E-state index in [2.05, 4.69) is 10.3 Å². The molecule has 4 rings (SSSR count). The summed E-state index contributed by atoms with van der Waals surface area (Å²) < 4.78 is 5.39. The van der Waals surface area contributed by atoms with Crippen LogP contribution in [-0.2, 0) is 11.3 Å². The first kappa shape index (κ1) is 20.2. The van der Waals surface area contributed by atoms with Gasteiger partial charge in [-0.3, -0.25) is 4.79 Å². The zero-order valence-corrected chi connectivity index (χ0v) is 17.6. The number of hydrogen-bond donors (Lipinski definition) is 2. The average molecular weight is 419 g/mol. The number of methoxy groups -OCH3 is 1. The van der Waals surface area contributed by atoms with Gasteiger partial charge in [-0.2, -0.15) is 0 Å². The fourth-order valence-corrected chi connectivity index (χ4v) is 4.71. The molecule has 0 bridgehead atoms. The summed E-state index contributed by atoms with van der Waals surface area (Å²) in [6, 6.07) is 20.4. The monoisotopic (exact) mass is 418 g/mol. The largest absolute Gasteiger partial charge is 0.383 e. The van der Waals surface area contributed by atoms with Crippen LogP contribution in [0.3, 0.4) is 0 Å². The number of carbonyl (C=O) groups is 1. The van der Waals surface area contributed by atoms with E-state index < -0.39 is 6.10 Å². The van der Waals surface area contributed by atoms with Gasteiger partial charge in [0.05, 0.1) is 17.2 Å². The first-order chi connectivity index (χ1) is 14.6. The highest BCUT2D eigenvalue weighted by Crippen LogP contribution is 2.43. The Morgan fingerprint density at radius 2 is 1.80 bits per heavy atom. The van der Waals surface area contributed by atoms with Crippen molar-refractivity contribution in [3.8, 4) is 0 Å². The van der Waals surface area contributed by atoms with Gasteiger partial charge in [-0.1, -0.05) is 48.5 Å². The van der Waals surface area contributed by atoms with Crippen molar-refractivity contribution < 1.29 is 14.6 Å². The SMILES string of the molecule is COCc1cc(C)nc2sc([C@@H](O)c3ccccc3)c(NC(=O)c3ccccc3)c12. The van der Waals surface area contributed by atoms with Crippen LogP contribution in [0.5, 0.6) is 0 Å². The number of hydrogen-bond acceptors (Lipinski definition) is 5. The van der Waals surface area contributed by atoms with Crippen LogP contribution in [-0.4, -0.2) is 23.1 Å². The highest BCUT2D eigenvalue weighted by molar-refractivity contribution is 7.19. The molecule has 0 saturated carbocycles. The predicted molar refractivity (Wildman–Crippen MR) is 120 cm³/mol. The molecule has 0 radical (unpaired) electrons. The molecule has 2 N–H and O–H groups in total. The Kier molecular flexibility index (Phi) is 5.90. The first-order valence-corrected chi connectivity index (χ1v) is 10.4. The normalized spacial score (nSPS) is 12.1. The maximum Gasteiger partial charge on any atom is 0.255 e. The first-order valence-electron chi connectivity index (χ1n) is 9.59. The van der Waals surface area contributed by atoms with Crippen molar-refractivity contribution >= 4 is 33.1 Å². The van der Waals surface area contributed by atoms with Crippen LogP contribution in [0.4, 0.5) is 5.69 Å². The zero-order chi connectivity index (χ0) is 21.1. The van der Waals surface area contributed by atoms with Crippen LogP contribution in [0.25, 0.3) is 10.2 Å². The summed E-state index contributed by atoms with van der Waals surface area (Å²) in [6.07, 6.45) is -0.882. The second-order valence-corrected chi connectivity index (χ2v) is 8.04. The van der Waals surface area contributed by atoms with Crippen molar-refractivity contribution in [2.75, 3.05) is 12.4 Å². The maximum absolute atomic E-state index is 13.0. The lowest BCUT2D eigenvalue weighted by atomic mass is 10.0. The van der Waals surface area contributed by atoms with Crippen LogP contribution >= 0.6 is 11.3 Å². The molecule has 30 heavy (non-hydrogen) atoms. The Morgan fingerprint density at radius 1 is 1.13 bits per heavy atom. The molecule has 1 atom stereocenters. The summed E-state index contributed by atoms with van der Waals surface area (Å²) in [7, 11) is 1.63. The number of pyridine rings is 1. The topological polar surface area (TPSA) is 71.5 Å². The Labute approximate surface area is 179 Å². The second-order valence-electron chi connectivity index (χ2n) is 7.01. The van der Waals surface area contributed by atoms with Gasteiger partial charge in [-0.25, -0.2) is 4.98 Å². The molecule has 0 unspecified atom stereocenters. The summed E-state index contributed by atoms with van der Waals surface area (Å²) in [6.45, 7) is 2.31. The molecule has 2 aromatic carbocycles. The van der Waals surface area contributed by atoms with E-state index in [9.17, 15) is 9.90 Å². The lowest BCUT2D eigenvalue weighted by molar-refractivity contribution is 0.102. The molecule has 6 heteroatoms. The fourth-order valence-electron chi connectivity index (χ4n) is 3.48. The van der Waals surface area contributed by atoms with Crippen molar-refractivity contribution in [3.63, 3.8) is 0 Å². The van der Waals surface area contributed by atoms with Gasteiger partial charge < -0.3 is 15.2 Å². The van der Waals surface area contributed by atoms with Gasteiger partial charge in [0, 0.05) is 23.8 Å². The molecule has 0 aliphatic heterocycles. The molecule has 4 aromatic rings. The molecular weight excluding hydrogens is 396 g/mol. The maximum atomic E-state index is 13.0. The van der Waals surface area contributed by atoms with Gasteiger partial charge in [-0.05, 0) is 36.2 Å². The average Bonchev–Trinajstić information content (AvgIpc) is 3.12. The number of benzene rings is 2. The third-order valence-corrected chi connectivity index (χ3v) is 5.97. The van der Waals surface area contributed by atoms with Gasteiger partial charge in [-0.15, -0.1) is 11.3 Å². The van der Waals surface area contributed by atoms with Gasteiger partial charge in [0.25, 0.3) is 5.91 Å². The number of fused-ring (bicyclic) bond motifs is 1. The van der Waals surface area contributed by atoms with E-state index in [0.29, 0.717) is 22.7 Å². The zero-order valence-electron chi connectivity index (χ0n) is 16.8. The summed E-state index contributed by atoms with van der Waals surface area (Å²) >= 11 is 1.39. The second kappa shape index (κ2) is 8.75. The molecule has 1 amide bonds. The molecule has 0 aliphatic carbocycles. The molecule has 2 heterocycles. The van der Waals surface area contributed by atoms with Crippen molar-refractivity contribution in [1.82, 2.24) is 4.98 Å². The van der Waals surface area contributed by atoms with Gasteiger partial charge >= 0.3 is 0 Å². The Balaban J connectivity index is 1.88. The smallest absolute Gasteiger partial charge is 0.255 e. The molecule has 5 nitrogen and oxygen atoms in total. The number of aromatic nitrogens is 1. The lowest BCUT2D eigenvalue weighted by Gasteiger charge is -2.14. The number of nitrogens with zero attached hydrogens (tertiary/aromatic N) is 1. The molecule has 2 aromatic heterocycles. The van der Waals surface area contributed by atoms with Gasteiger partial charge in [0.1, 0.15) is 10.9 Å². The summed E-state index contributed by atoms with van der Waals surface area (Å²) in [4.78, 5) is 19.0. The fraction of sp³-hybridized carbons (Fsp3) is 0.167. The summed E-state index contributed by atoms with van der Waals surface area (Å²) in [5.41, 5.74) is 3.66. The summed E-state index contributed by atoms with van der Waals surface area (Å²) in [5.74, 6) is -0.235. The standard InChI is InChI=1S/C24H22N2O3S/c1-15-13-18(14-29-2)19-20(26-23(28)17-11-7-4-8-12-17)22(30-24(19)25-15)21(27)16-9-5-3-6-10-16/h3-13,21,27H,14H2,1-2H3,(H,26,28)/t21-/m0/s1. The van der Waals surface area contributed by atoms with E-state index in [1.54, 1.807) is 19.2 Å². The highest BCUT2D eigenvalue weighted by atomic mass is 32.1. The summed E-state index contributed by atoms with van der Waals surface area (Å²) in [5, 5.41) is 15.0. The number of amides is 1. The van der Waals surface area contributed by atoms with Gasteiger partial charge in [0.15, 0.2) is 0 Å². The molecule has 0 aliphatic rings. The number of aryl methyl sites for hydroxylation is 1. The lowest BCUT2D eigenvalue weighted by Crippen LogP contribution is -2.14. The molecule has 152 valence electrons. The quantitative estimate of drug-likeness (QED) is 0.458. The van der Waals surface area contributed by atoms with E-state index in [1.165, 1.54) is 11.3 Å². The van der Waals surface area contributed by atoms with Crippen molar-refractivity contribution in [3.05, 3.63) is 94.0 Å². The third-order valence-electron chi connectivity index (χ3n) is 4.84. The number of anilines is 1. The molecule has 0 fully saturated rings. The molecular formula is C24H22N2O3S. The number of rotatable bonds is 6. The predicted octanol–water partition coefficient (Wildman–Crippen LogP) is 5.09. The van der Waals surface area contributed by atoms with Crippen LogP contribution in [0, 0.1) is 6.92 Å². The number of aliphatic hydroxyl groups excluding tert-OH is 1. The van der Waals surface area contributed by atoms with Crippen LogP contribution in [0.1, 0.15) is 38.2 Å². The Bertz CT molecular complexity index is 1170. The number of thiophene rings is 1. The molecule has 0 saturated heterocycles. The third kappa shape index (κ3) is 3.98. The van der Waals surface area contributed by atoms with E-state index >= 15 is 0 Å².